The van der Waals surface area contributed by atoms with Gasteiger partial charge in [-0.3, -0.25) is 9.59 Å². The molecule has 0 saturated heterocycles. The number of carbonyl (C=O) groups is 1. The van der Waals surface area contributed by atoms with Crippen LogP contribution in [0.5, 0.6) is 17.2 Å². The molecule has 4 aromatic rings. The molecule has 0 aliphatic carbocycles. The topological polar surface area (TPSA) is 104 Å². The number of aryl methyl sites for hydroxylation is 1. The molecule has 0 saturated carbocycles. The lowest BCUT2D eigenvalue weighted by Gasteiger charge is -2.16. The Kier molecular flexibility index (Phi) is 8.65. The number of ether oxygens (including phenoxy) is 3. The van der Waals surface area contributed by atoms with Crippen LogP contribution in [0, 0.1) is 6.92 Å². The van der Waals surface area contributed by atoms with Crippen LogP contribution in [-0.4, -0.2) is 42.6 Å². The van der Waals surface area contributed by atoms with Gasteiger partial charge in [-0.15, -0.1) is 0 Å². The van der Waals surface area contributed by atoms with Crippen LogP contribution in [0.15, 0.2) is 69.0 Å². The molecule has 4 rings (SSSR count). The lowest BCUT2D eigenvalue weighted by Crippen LogP contribution is -2.23. The summed E-state index contributed by atoms with van der Waals surface area (Å²) in [6.45, 7) is 5.56. The Balaban J connectivity index is 1.63. The van der Waals surface area contributed by atoms with Crippen molar-refractivity contribution < 1.29 is 19.0 Å². The number of amides is 1. The first-order valence-electron chi connectivity index (χ1n) is 12.2. The fourth-order valence-electron chi connectivity index (χ4n) is 3.93. The highest BCUT2D eigenvalue weighted by Gasteiger charge is 2.17. The van der Waals surface area contributed by atoms with E-state index in [1.165, 1.54) is 25.1 Å². The van der Waals surface area contributed by atoms with Crippen LogP contribution in [-0.2, 0) is 4.79 Å². The number of carbonyl (C=O) groups excluding carboxylic acids is 1. The zero-order valence-electron chi connectivity index (χ0n) is 22.3. The minimum absolute atomic E-state index is 0.0476. The van der Waals surface area contributed by atoms with Gasteiger partial charge in [0.15, 0.2) is 18.1 Å². The van der Waals surface area contributed by atoms with Crippen LogP contribution in [0.25, 0.3) is 10.9 Å². The molecule has 1 heterocycles. The Morgan fingerprint density at radius 3 is 2.44 bits per heavy atom. The van der Waals surface area contributed by atoms with E-state index in [0.717, 1.165) is 10.0 Å². The summed E-state index contributed by atoms with van der Waals surface area (Å²) in [6.07, 6.45) is 1.53. The molecular formula is C29H29BrN4O5. The number of anilines is 1. The second-order valence-electron chi connectivity index (χ2n) is 9.05. The molecule has 9 nitrogen and oxygen atoms in total. The van der Waals surface area contributed by atoms with E-state index in [0.29, 0.717) is 39.5 Å². The molecule has 202 valence electrons. The van der Waals surface area contributed by atoms with E-state index in [4.69, 9.17) is 14.2 Å². The summed E-state index contributed by atoms with van der Waals surface area (Å²) in [4.78, 5) is 30.5. The third kappa shape index (κ3) is 6.28. The van der Waals surface area contributed by atoms with Crippen molar-refractivity contribution in [1.29, 1.82) is 0 Å². The quantitative estimate of drug-likeness (QED) is 0.257. The molecular weight excluding hydrogens is 564 g/mol. The minimum Gasteiger partial charge on any atom is -0.493 e. The SMILES string of the molecule is COc1cc(C=Nn2c(C(C)C)nc3ccc(Br)cc3c2=O)cc(OC)c1OCC(=O)Nc1ccccc1C. The van der Waals surface area contributed by atoms with Crippen molar-refractivity contribution in [1.82, 2.24) is 9.66 Å². The Labute approximate surface area is 234 Å². The van der Waals surface area contributed by atoms with Gasteiger partial charge in [0, 0.05) is 21.6 Å². The second-order valence-corrected chi connectivity index (χ2v) is 9.97. The molecule has 1 N–H and O–H groups in total. The number of para-hydroxylation sites is 1. The number of aromatic nitrogens is 2. The van der Waals surface area contributed by atoms with Gasteiger partial charge in [-0.1, -0.05) is 48.0 Å². The molecule has 0 atom stereocenters. The third-order valence-electron chi connectivity index (χ3n) is 5.92. The molecule has 0 bridgehead atoms. The van der Waals surface area contributed by atoms with Crippen molar-refractivity contribution in [3.63, 3.8) is 0 Å². The summed E-state index contributed by atoms with van der Waals surface area (Å²) in [6, 6.07) is 16.2. The predicted molar refractivity (Wildman–Crippen MR) is 156 cm³/mol. The highest BCUT2D eigenvalue weighted by atomic mass is 79.9. The van der Waals surface area contributed by atoms with Crippen LogP contribution in [0.4, 0.5) is 5.69 Å². The molecule has 3 aromatic carbocycles. The van der Waals surface area contributed by atoms with E-state index < -0.39 is 0 Å². The molecule has 0 fully saturated rings. The van der Waals surface area contributed by atoms with Crippen LogP contribution >= 0.6 is 15.9 Å². The Morgan fingerprint density at radius 2 is 1.79 bits per heavy atom. The zero-order chi connectivity index (χ0) is 28.1. The van der Waals surface area contributed by atoms with E-state index in [2.05, 4.69) is 31.3 Å². The van der Waals surface area contributed by atoms with Gasteiger partial charge < -0.3 is 19.5 Å². The van der Waals surface area contributed by atoms with E-state index in [1.54, 1.807) is 24.3 Å². The summed E-state index contributed by atoms with van der Waals surface area (Å²) in [5, 5.41) is 7.76. The standard InChI is InChI=1S/C29H29BrN4O5/c1-17(2)28-33-23-11-10-20(30)14-21(23)29(36)34(28)31-15-19-12-24(37-4)27(25(13-19)38-5)39-16-26(35)32-22-9-7-6-8-18(22)3/h6-15,17H,16H2,1-5H3,(H,32,35). The van der Waals surface area contributed by atoms with Crippen molar-refractivity contribution in [3.8, 4) is 17.2 Å². The lowest BCUT2D eigenvalue weighted by atomic mass is 10.2. The largest absolute Gasteiger partial charge is 0.493 e. The molecule has 0 radical (unpaired) electrons. The van der Waals surface area contributed by atoms with Crippen LogP contribution < -0.4 is 25.1 Å². The highest BCUT2D eigenvalue weighted by Crippen LogP contribution is 2.38. The third-order valence-corrected chi connectivity index (χ3v) is 6.42. The van der Waals surface area contributed by atoms with E-state index in [1.807, 2.05) is 51.1 Å². The molecule has 1 aromatic heterocycles. The van der Waals surface area contributed by atoms with Gasteiger partial charge in [0.1, 0.15) is 5.82 Å². The van der Waals surface area contributed by atoms with E-state index >= 15 is 0 Å². The molecule has 10 heteroatoms. The average molecular weight is 593 g/mol. The van der Waals surface area contributed by atoms with E-state index in [-0.39, 0.29) is 29.7 Å². The maximum atomic E-state index is 13.3. The Hall–Kier alpha value is -4.18. The number of nitrogens with zero attached hydrogens (tertiary/aromatic N) is 3. The zero-order valence-corrected chi connectivity index (χ0v) is 23.9. The molecule has 39 heavy (non-hydrogen) atoms. The number of fused-ring (bicyclic) bond motifs is 1. The minimum atomic E-state index is -0.324. The van der Waals surface area contributed by atoms with Gasteiger partial charge in [-0.25, -0.2) is 4.98 Å². The Bertz CT molecular complexity index is 1590. The van der Waals surface area contributed by atoms with Gasteiger partial charge in [0.25, 0.3) is 11.5 Å². The fourth-order valence-corrected chi connectivity index (χ4v) is 4.29. The Morgan fingerprint density at radius 1 is 1.10 bits per heavy atom. The van der Waals surface area contributed by atoms with Gasteiger partial charge in [-0.05, 0) is 48.9 Å². The number of hydrogen-bond acceptors (Lipinski definition) is 7. The summed E-state index contributed by atoms with van der Waals surface area (Å²) in [5.41, 5.74) is 2.58. The average Bonchev–Trinajstić information content (AvgIpc) is 2.92. The second kappa shape index (κ2) is 12.1. The maximum Gasteiger partial charge on any atom is 0.282 e. The summed E-state index contributed by atoms with van der Waals surface area (Å²) in [7, 11) is 2.98. The number of benzene rings is 3. The normalized spacial score (nSPS) is 11.3. The highest BCUT2D eigenvalue weighted by molar-refractivity contribution is 9.10. The number of nitrogens with one attached hydrogen (secondary N) is 1. The molecule has 0 unspecified atom stereocenters. The first kappa shape index (κ1) is 27.8. The first-order valence-corrected chi connectivity index (χ1v) is 13.0. The van der Waals surface area contributed by atoms with Crippen molar-refractivity contribution >= 4 is 44.6 Å². The van der Waals surface area contributed by atoms with Gasteiger partial charge in [0.05, 0.1) is 31.3 Å². The number of rotatable bonds is 9. The predicted octanol–water partition coefficient (Wildman–Crippen LogP) is 5.51. The monoisotopic (exact) mass is 592 g/mol. The molecule has 1 amide bonds. The molecule has 0 spiro atoms. The van der Waals surface area contributed by atoms with Gasteiger partial charge in [-0.2, -0.15) is 9.78 Å². The van der Waals surface area contributed by atoms with Gasteiger partial charge in [0.2, 0.25) is 5.75 Å². The summed E-state index contributed by atoms with van der Waals surface area (Å²) < 4.78 is 18.9. The molecule has 0 aliphatic heterocycles. The van der Waals surface area contributed by atoms with Crippen LogP contribution in [0.2, 0.25) is 0 Å². The summed E-state index contributed by atoms with van der Waals surface area (Å²) in [5.74, 6) is 1.12. The van der Waals surface area contributed by atoms with Crippen molar-refractivity contribution in [2.45, 2.75) is 26.7 Å². The summed E-state index contributed by atoms with van der Waals surface area (Å²) >= 11 is 3.41. The van der Waals surface area contributed by atoms with Crippen molar-refractivity contribution in [3.05, 3.63) is 86.4 Å². The van der Waals surface area contributed by atoms with Crippen molar-refractivity contribution in [2.24, 2.45) is 5.10 Å². The fraction of sp³-hybridized carbons (Fsp3) is 0.241. The number of halogens is 1. The van der Waals surface area contributed by atoms with Crippen molar-refractivity contribution in [2.75, 3.05) is 26.1 Å². The maximum absolute atomic E-state index is 13.3. The van der Waals surface area contributed by atoms with E-state index in [9.17, 15) is 9.59 Å². The van der Waals surface area contributed by atoms with Crippen LogP contribution in [0.1, 0.15) is 36.7 Å². The number of hydrogen-bond donors (Lipinski definition) is 1. The molecule has 0 aliphatic rings. The first-order chi connectivity index (χ1) is 18.7. The number of methoxy groups -OCH3 is 2. The lowest BCUT2D eigenvalue weighted by molar-refractivity contribution is -0.118. The smallest absolute Gasteiger partial charge is 0.282 e. The van der Waals surface area contributed by atoms with Crippen LogP contribution in [0.3, 0.4) is 0 Å². The van der Waals surface area contributed by atoms with Gasteiger partial charge >= 0.3 is 0 Å².